The number of aryl methyl sites for hydroxylation is 1. The molecule has 0 unspecified atom stereocenters. The quantitative estimate of drug-likeness (QED) is 0.369. The fourth-order valence-electron chi connectivity index (χ4n) is 3.06. The molecule has 2 aromatic carbocycles. The highest BCUT2D eigenvalue weighted by Gasteiger charge is 2.16. The summed E-state index contributed by atoms with van der Waals surface area (Å²) in [5.41, 5.74) is 4.52. The first-order valence-electron chi connectivity index (χ1n) is 8.94. The molecule has 4 nitrogen and oxygen atoms in total. The molecule has 0 aliphatic rings. The molecule has 2 heterocycles. The molecule has 28 heavy (non-hydrogen) atoms. The van der Waals surface area contributed by atoms with Crippen molar-refractivity contribution in [1.82, 2.24) is 9.97 Å². The molecule has 0 aliphatic carbocycles. The van der Waals surface area contributed by atoms with Gasteiger partial charge >= 0.3 is 0 Å². The van der Waals surface area contributed by atoms with E-state index in [0.717, 1.165) is 33.3 Å². The third-order valence-electron chi connectivity index (χ3n) is 4.51. The van der Waals surface area contributed by atoms with E-state index in [1.165, 1.54) is 11.9 Å². The fraction of sp³-hybridized carbons (Fsp3) is 0.130. The number of hydrogen-bond donors (Lipinski definition) is 0. The molecule has 0 fully saturated rings. The van der Waals surface area contributed by atoms with Crippen LogP contribution < -0.4 is 9.47 Å². The van der Waals surface area contributed by atoms with E-state index in [2.05, 4.69) is 53.1 Å². The second-order valence-electron chi connectivity index (χ2n) is 6.45. The molecule has 5 heteroatoms. The largest absolute Gasteiger partial charge is 0.493 e. The van der Waals surface area contributed by atoms with Gasteiger partial charge in [-0.15, -0.1) is 17.9 Å². The lowest BCUT2D eigenvalue weighted by Crippen LogP contribution is -1.95. The Labute approximate surface area is 168 Å². The van der Waals surface area contributed by atoms with E-state index in [-0.39, 0.29) is 0 Å². The molecule has 0 radical (unpaired) electrons. The zero-order valence-corrected chi connectivity index (χ0v) is 16.6. The molecule has 0 amide bonds. The molecule has 4 aromatic rings. The van der Waals surface area contributed by atoms with Gasteiger partial charge in [-0.1, -0.05) is 42.0 Å². The highest BCUT2D eigenvalue weighted by atomic mass is 32.1. The summed E-state index contributed by atoms with van der Waals surface area (Å²) in [5.74, 6) is 1.81. The van der Waals surface area contributed by atoms with E-state index in [0.29, 0.717) is 17.4 Å². The van der Waals surface area contributed by atoms with Crippen molar-refractivity contribution in [3.05, 3.63) is 78.0 Å². The van der Waals surface area contributed by atoms with Crippen molar-refractivity contribution in [2.24, 2.45) is 0 Å². The van der Waals surface area contributed by atoms with Crippen LogP contribution in [-0.2, 0) is 6.42 Å². The lowest BCUT2D eigenvalue weighted by molar-refractivity contribution is 0.375. The zero-order valence-electron chi connectivity index (χ0n) is 15.8. The van der Waals surface area contributed by atoms with Crippen molar-refractivity contribution >= 4 is 21.6 Å². The molecule has 0 aliphatic heterocycles. The van der Waals surface area contributed by atoms with Crippen molar-refractivity contribution in [3.8, 4) is 28.5 Å². The average molecular weight is 388 g/mol. The molecule has 2 aromatic heterocycles. The first-order chi connectivity index (χ1) is 13.7. The van der Waals surface area contributed by atoms with Gasteiger partial charge in [0.2, 0.25) is 5.88 Å². The molecule has 0 atom stereocenters. The molecule has 0 spiro atoms. The number of nitrogens with zero attached hydrogens (tertiary/aromatic N) is 2. The van der Waals surface area contributed by atoms with Crippen LogP contribution in [0, 0.1) is 6.92 Å². The van der Waals surface area contributed by atoms with Crippen molar-refractivity contribution < 1.29 is 9.47 Å². The summed E-state index contributed by atoms with van der Waals surface area (Å²) in [6.07, 6.45) is 4.17. The number of ether oxygens (including phenoxy) is 2. The van der Waals surface area contributed by atoms with Crippen LogP contribution in [0.5, 0.6) is 17.4 Å². The monoisotopic (exact) mass is 388 g/mol. The van der Waals surface area contributed by atoms with Gasteiger partial charge < -0.3 is 9.47 Å². The van der Waals surface area contributed by atoms with Gasteiger partial charge in [-0.3, -0.25) is 0 Å². The minimum Gasteiger partial charge on any atom is -0.493 e. The molecule has 140 valence electrons. The first-order valence-corrected chi connectivity index (χ1v) is 9.82. The van der Waals surface area contributed by atoms with Crippen LogP contribution in [0.4, 0.5) is 0 Å². The third kappa shape index (κ3) is 3.49. The Morgan fingerprint density at radius 2 is 1.89 bits per heavy atom. The SMILES string of the molecule is C=CCc1ccc(Oc2ncnc3scc(-c4ccc(C)cc4)c23)c(OC)c1. The van der Waals surface area contributed by atoms with Crippen LogP contribution in [0.25, 0.3) is 21.3 Å². The fourth-order valence-corrected chi connectivity index (χ4v) is 3.97. The van der Waals surface area contributed by atoms with Crippen LogP contribution in [0.1, 0.15) is 11.1 Å². The molecule has 0 saturated carbocycles. The van der Waals surface area contributed by atoms with Gasteiger partial charge in [0.25, 0.3) is 0 Å². The lowest BCUT2D eigenvalue weighted by atomic mass is 10.0. The summed E-state index contributed by atoms with van der Waals surface area (Å²) in [7, 11) is 1.64. The summed E-state index contributed by atoms with van der Waals surface area (Å²) in [6.45, 7) is 5.86. The second kappa shape index (κ2) is 7.82. The second-order valence-corrected chi connectivity index (χ2v) is 7.31. The normalized spacial score (nSPS) is 10.8. The number of allylic oxidation sites excluding steroid dienone is 1. The van der Waals surface area contributed by atoms with Gasteiger partial charge in [-0.25, -0.2) is 9.97 Å². The van der Waals surface area contributed by atoms with Gasteiger partial charge in [0.05, 0.1) is 12.5 Å². The maximum absolute atomic E-state index is 6.20. The van der Waals surface area contributed by atoms with E-state index in [9.17, 15) is 0 Å². The van der Waals surface area contributed by atoms with E-state index < -0.39 is 0 Å². The Morgan fingerprint density at radius 3 is 2.64 bits per heavy atom. The summed E-state index contributed by atoms with van der Waals surface area (Å²) in [4.78, 5) is 9.72. The van der Waals surface area contributed by atoms with Gasteiger partial charge in [0, 0.05) is 10.9 Å². The van der Waals surface area contributed by atoms with Crippen molar-refractivity contribution in [1.29, 1.82) is 0 Å². The molecular formula is C23H20N2O2S. The van der Waals surface area contributed by atoms with Crippen molar-refractivity contribution in [3.63, 3.8) is 0 Å². The smallest absolute Gasteiger partial charge is 0.231 e. The van der Waals surface area contributed by atoms with Gasteiger partial charge in [-0.05, 0) is 36.6 Å². The number of methoxy groups -OCH3 is 1. The predicted molar refractivity (Wildman–Crippen MR) is 115 cm³/mol. The first kappa shape index (κ1) is 18.2. The summed E-state index contributed by atoms with van der Waals surface area (Å²) in [6, 6.07) is 14.3. The van der Waals surface area contributed by atoms with Gasteiger partial charge in [0.15, 0.2) is 11.5 Å². The predicted octanol–water partition coefficient (Wildman–Crippen LogP) is 6.20. The van der Waals surface area contributed by atoms with Gasteiger partial charge in [-0.2, -0.15) is 0 Å². The average Bonchev–Trinajstić information content (AvgIpc) is 3.15. The summed E-state index contributed by atoms with van der Waals surface area (Å²) >= 11 is 1.58. The number of benzene rings is 2. The Bertz CT molecular complexity index is 1130. The number of thiophene rings is 1. The Kier molecular flexibility index (Phi) is 5.08. The molecule has 0 N–H and O–H groups in total. The summed E-state index contributed by atoms with van der Waals surface area (Å²) in [5, 5.41) is 3.01. The van der Waals surface area contributed by atoms with E-state index in [4.69, 9.17) is 9.47 Å². The number of hydrogen-bond acceptors (Lipinski definition) is 5. The maximum Gasteiger partial charge on any atom is 0.231 e. The number of aromatic nitrogens is 2. The highest BCUT2D eigenvalue weighted by Crippen LogP contribution is 2.40. The molecule has 0 saturated heterocycles. The van der Waals surface area contributed by atoms with Crippen LogP contribution in [0.15, 0.2) is 66.8 Å². The minimum absolute atomic E-state index is 0.525. The van der Waals surface area contributed by atoms with Crippen LogP contribution >= 0.6 is 11.3 Å². The Morgan fingerprint density at radius 1 is 1.07 bits per heavy atom. The van der Waals surface area contributed by atoms with E-state index in [1.807, 2.05) is 24.3 Å². The van der Waals surface area contributed by atoms with Gasteiger partial charge in [0.1, 0.15) is 11.2 Å². The number of rotatable bonds is 6. The topological polar surface area (TPSA) is 44.2 Å². The van der Waals surface area contributed by atoms with E-state index in [1.54, 1.807) is 18.4 Å². The Hall–Kier alpha value is -3.18. The third-order valence-corrected chi connectivity index (χ3v) is 5.40. The highest BCUT2D eigenvalue weighted by molar-refractivity contribution is 7.17. The lowest BCUT2D eigenvalue weighted by Gasteiger charge is -2.12. The maximum atomic E-state index is 6.20. The van der Waals surface area contributed by atoms with Crippen molar-refractivity contribution in [2.75, 3.05) is 7.11 Å². The minimum atomic E-state index is 0.525. The van der Waals surface area contributed by atoms with Crippen LogP contribution in [0.3, 0.4) is 0 Å². The van der Waals surface area contributed by atoms with Crippen LogP contribution in [0.2, 0.25) is 0 Å². The van der Waals surface area contributed by atoms with E-state index >= 15 is 0 Å². The molecule has 4 rings (SSSR count). The molecular weight excluding hydrogens is 368 g/mol. The zero-order chi connectivity index (χ0) is 19.5. The Balaban J connectivity index is 1.78. The molecule has 0 bridgehead atoms. The van der Waals surface area contributed by atoms with Crippen molar-refractivity contribution in [2.45, 2.75) is 13.3 Å². The standard InChI is InChI=1S/C23H20N2O2S/c1-4-5-16-8-11-19(20(12-16)26-3)27-22-21-18(13-28-23(21)25-14-24-22)17-9-6-15(2)7-10-17/h4,6-14H,1,5H2,2-3H3. The summed E-state index contributed by atoms with van der Waals surface area (Å²) < 4.78 is 11.7. The van der Waals surface area contributed by atoms with Crippen LogP contribution in [-0.4, -0.2) is 17.1 Å². The number of fused-ring (bicyclic) bond motifs is 1.